The Bertz CT molecular complexity index is 1940. The molecule has 5 aromatic rings. The van der Waals surface area contributed by atoms with E-state index < -0.39 is 18.2 Å². The SMILES string of the molecule is CNC(C)Cc1ccc(OCOC(=O)C[C@H](O)C[C@H](O)CCn2c(-c3ccc(F)cc3)c(-c3ccccc3)c(C(=O)Cc3ccccc3)c2C(C)C)cc1. The summed E-state index contributed by atoms with van der Waals surface area (Å²) in [4.78, 5) is 26.9. The van der Waals surface area contributed by atoms with E-state index in [-0.39, 0.29) is 50.0 Å². The smallest absolute Gasteiger partial charge is 0.311 e. The molecular formula is C45H51FN2O6. The maximum absolute atomic E-state index is 14.4. The molecule has 0 spiro atoms. The number of carbonyl (C=O) groups is 2. The Labute approximate surface area is 317 Å². The number of rotatable bonds is 19. The third-order valence-corrected chi connectivity index (χ3v) is 9.55. The van der Waals surface area contributed by atoms with E-state index in [2.05, 4.69) is 16.8 Å². The summed E-state index contributed by atoms with van der Waals surface area (Å²) in [5, 5.41) is 25.1. The van der Waals surface area contributed by atoms with Gasteiger partial charge in [-0.3, -0.25) is 9.59 Å². The first-order valence-electron chi connectivity index (χ1n) is 18.6. The van der Waals surface area contributed by atoms with Gasteiger partial charge in [-0.05, 0) is 97.8 Å². The number of aromatic nitrogens is 1. The maximum atomic E-state index is 14.4. The first-order valence-corrected chi connectivity index (χ1v) is 18.6. The Hall–Kier alpha value is -5.09. The summed E-state index contributed by atoms with van der Waals surface area (Å²) < 4.78 is 27.0. The molecule has 0 aliphatic rings. The molecule has 0 aliphatic carbocycles. The zero-order chi connectivity index (χ0) is 38.6. The van der Waals surface area contributed by atoms with Gasteiger partial charge in [-0.15, -0.1) is 0 Å². The molecular weight excluding hydrogens is 684 g/mol. The number of hydrogen-bond acceptors (Lipinski definition) is 7. The second-order valence-electron chi connectivity index (χ2n) is 14.1. The van der Waals surface area contributed by atoms with Crippen LogP contribution in [0.3, 0.4) is 0 Å². The minimum Gasteiger partial charge on any atom is -0.457 e. The first-order chi connectivity index (χ1) is 26.0. The minimum absolute atomic E-state index is 0.0412. The highest BCUT2D eigenvalue weighted by atomic mass is 19.1. The Morgan fingerprint density at radius 1 is 0.796 bits per heavy atom. The first kappa shape index (κ1) is 40.1. The molecule has 5 rings (SSSR count). The predicted octanol–water partition coefficient (Wildman–Crippen LogP) is 8.13. The summed E-state index contributed by atoms with van der Waals surface area (Å²) in [5.41, 5.74) is 6.54. The molecule has 4 aromatic carbocycles. The number of hydrogen-bond donors (Lipinski definition) is 3. The number of carbonyl (C=O) groups excluding carboxylic acids is 2. The summed E-state index contributed by atoms with van der Waals surface area (Å²) in [6.45, 7) is 6.17. The van der Waals surface area contributed by atoms with Gasteiger partial charge < -0.3 is 29.6 Å². The number of halogens is 1. The second kappa shape index (κ2) is 19.3. The van der Waals surface area contributed by atoms with Gasteiger partial charge in [0.25, 0.3) is 0 Å². The van der Waals surface area contributed by atoms with Crippen molar-refractivity contribution in [2.45, 2.75) is 83.6 Å². The summed E-state index contributed by atoms with van der Waals surface area (Å²) >= 11 is 0. The Balaban J connectivity index is 1.32. The van der Waals surface area contributed by atoms with Crippen molar-refractivity contribution in [1.29, 1.82) is 0 Å². The summed E-state index contributed by atoms with van der Waals surface area (Å²) in [5.74, 6) is -0.585. The third kappa shape index (κ3) is 10.7. The van der Waals surface area contributed by atoms with Crippen LogP contribution in [0.1, 0.15) is 73.1 Å². The van der Waals surface area contributed by atoms with Gasteiger partial charge >= 0.3 is 5.97 Å². The largest absolute Gasteiger partial charge is 0.457 e. The van der Waals surface area contributed by atoms with Crippen LogP contribution in [0.4, 0.5) is 4.39 Å². The van der Waals surface area contributed by atoms with Crippen LogP contribution in [0, 0.1) is 5.82 Å². The zero-order valence-electron chi connectivity index (χ0n) is 31.5. The van der Waals surface area contributed by atoms with E-state index in [1.165, 1.54) is 12.1 Å². The van der Waals surface area contributed by atoms with E-state index in [4.69, 9.17) is 9.47 Å². The summed E-state index contributed by atoms with van der Waals surface area (Å²) in [6, 6.07) is 33.4. The molecule has 54 heavy (non-hydrogen) atoms. The van der Waals surface area contributed by atoms with Crippen molar-refractivity contribution < 1.29 is 33.7 Å². The van der Waals surface area contributed by atoms with Crippen molar-refractivity contribution in [3.8, 4) is 28.1 Å². The minimum atomic E-state index is -1.14. The van der Waals surface area contributed by atoms with Crippen molar-refractivity contribution in [3.05, 3.63) is 137 Å². The van der Waals surface area contributed by atoms with E-state index >= 15 is 0 Å². The molecule has 3 atom stereocenters. The van der Waals surface area contributed by atoms with Gasteiger partial charge in [-0.2, -0.15) is 0 Å². The molecule has 1 aromatic heterocycles. The van der Waals surface area contributed by atoms with E-state index in [1.807, 2.05) is 106 Å². The number of ketones is 1. The highest BCUT2D eigenvalue weighted by Gasteiger charge is 2.30. The lowest BCUT2D eigenvalue weighted by Gasteiger charge is -2.20. The molecule has 0 amide bonds. The number of likely N-dealkylation sites (N-methyl/N-ethyl adjacent to an activating group) is 1. The molecule has 0 bridgehead atoms. The monoisotopic (exact) mass is 734 g/mol. The Morgan fingerprint density at radius 2 is 1.44 bits per heavy atom. The van der Waals surface area contributed by atoms with Crippen LogP contribution >= 0.6 is 0 Å². The second-order valence-corrected chi connectivity index (χ2v) is 14.1. The molecule has 0 saturated carbocycles. The topological polar surface area (TPSA) is 110 Å². The number of ether oxygens (including phenoxy) is 2. The number of nitrogens with one attached hydrogen (secondary N) is 1. The van der Waals surface area contributed by atoms with Gasteiger partial charge in [0.05, 0.1) is 24.3 Å². The Kier molecular flexibility index (Phi) is 14.3. The van der Waals surface area contributed by atoms with Gasteiger partial charge in [-0.25, -0.2) is 4.39 Å². The number of Topliss-reactive ketones (excluding diaryl/α,β-unsaturated/α-hetero) is 1. The molecule has 0 radical (unpaired) electrons. The van der Waals surface area contributed by atoms with Crippen LogP contribution in [0.5, 0.6) is 5.75 Å². The molecule has 0 fully saturated rings. The maximum Gasteiger partial charge on any atom is 0.311 e. The van der Waals surface area contributed by atoms with Crippen LogP contribution in [0.2, 0.25) is 0 Å². The quantitative estimate of drug-likeness (QED) is 0.0447. The molecule has 8 nitrogen and oxygen atoms in total. The number of esters is 1. The number of aliphatic hydroxyl groups excluding tert-OH is 2. The highest BCUT2D eigenvalue weighted by Crippen LogP contribution is 2.43. The van der Waals surface area contributed by atoms with Crippen molar-refractivity contribution in [1.82, 2.24) is 9.88 Å². The standard InChI is InChI=1S/C45H51FN2O6/c1-30(2)44-43(40(51)26-32-11-7-5-8-12-32)42(34-13-9-6-10-14-34)45(35-17-19-36(46)20-18-35)48(44)24-23-37(49)27-38(50)28-41(52)54-29-53-39-21-15-33(16-22-39)25-31(3)47-4/h5-22,30-31,37-38,47,49-50H,23-29H2,1-4H3/t31?,37-,38-/m1/s1. The van der Waals surface area contributed by atoms with Crippen LogP contribution < -0.4 is 10.1 Å². The lowest BCUT2D eigenvalue weighted by Crippen LogP contribution is -2.24. The normalized spacial score (nSPS) is 13.0. The number of nitrogens with zero attached hydrogens (tertiary/aromatic N) is 1. The van der Waals surface area contributed by atoms with Crippen molar-refractivity contribution >= 4 is 11.8 Å². The van der Waals surface area contributed by atoms with Crippen LogP contribution in [-0.4, -0.2) is 58.6 Å². The lowest BCUT2D eigenvalue weighted by atomic mass is 9.90. The summed E-state index contributed by atoms with van der Waals surface area (Å²) in [6.07, 6.45) is -1.18. The molecule has 0 aliphatic heterocycles. The van der Waals surface area contributed by atoms with Crippen molar-refractivity contribution in [2.24, 2.45) is 0 Å². The molecule has 9 heteroatoms. The van der Waals surface area contributed by atoms with Crippen LogP contribution in [0.25, 0.3) is 22.4 Å². The lowest BCUT2D eigenvalue weighted by molar-refractivity contribution is -0.152. The average molecular weight is 735 g/mol. The van der Waals surface area contributed by atoms with E-state index in [0.717, 1.165) is 45.6 Å². The summed E-state index contributed by atoms with van der Waals surface area (Å²) in [7, 11) is 1.92. The molecule has 1 heterocycles. The van der Waals surface area contributed by atoms with Crippen LogP contribution in [0.15, 0.2) is 109 Å². The molecule has 1 unspecified atom stereocenters. The fourth-order valence-corrected chi connectivity index (χ4v) is 6.80. The van der Waals surface area contributed by atoms with Gasteiger partial charge in [0, 0.05) is 35.8 Å². The molecule has 3 N–H and O–H groups in total. The van der Waals surface area contributed by atoms with E-state index in [9.17, 15) is 24.2 Å². The molecule has 0 saturated heterocycles. The Morgan fingerprint density at radius 3 is 2.07 bits per heavy atom. The van der Waals surface area contributed by atoms with Gasteiger partial charge in [-0.1, -0.05) is 86.6 Å². The van der Waals surface area contributed by atoms with Crippen molar-refractivity contribution in [3.63, 3.8) is 0 Å². The average Bonchev–Trinajstić information content (AvgIpc) is 3.51. The molecule has 284 valence electrons. The predicted molar refractivity (Wildman–Crippen MR) is 210 cm³/mol. The van der Waals surface area contributed by atoms with Gasteiger partial charge in [0.1, 0.15) is 11.6 Å². The number of benzene rings is 4. The van der Waals surface area contributed by atoms with E-state index in [1.54, 1.807) is 12.1 Å². The fraction of sp³-hybridized carbons (Fsp3) is 0.333. The highest BCUT2D eigenvalue weighted by molar-refractivity contribution is 6.08. The zero-order valence-corrected chi connectivity index (χ0v) is 31.5. The van der Waals surface area contributed by atoms with Crippen molar-refractivity contribution in [2.75, 3.05) is 13.8 Å². The van der Waals surface area contributed by atoms with Gasteiger partial charge in [0.2, 0.25) is 6.79 Å². The fourth-order valence-electron chi connectivity index (χ4n) is 6.80. The number of aliphatic hydroxyl groups is 2. The van der Waals surface area contributed by atoms with E-state index in [0.29, 0.717) is 23.9 Å². The van der Waals surface area contributed by atoms with Gasteiger partial charge in [0.15, 0.2) is 5.78 Å². The van der Waals surface area contributed by atoms with Crippen LogP contribution in [-0.2, 0) is 28.9 Å². The third-order valence-electron chi connectivity index (χ3n) is 9.55.